The van der Waals surface area contributed by atoms with Gasteiger partial charge in [-0.1, -0.05) is 48.5 Å². The van der Waals surface area contributed by atoms with Crippen molar-refractivity contribution in [1.82, 2.24) is 25.5 Å². The van der Waals surface area contributed by atoms with Crippen molar-refractivity contribution in [3.8, 4) is 0 Å². The molecule has 2 N–H and O–H groups in total. The van der Waals surface area contributed by atoms with Crippen LogP contribution < -0.4 is 10.9 Å². The maximum atomic E-state index is 13.3. The summed E-state index contributed by atoms with van der Waals surface area (Å²) in [6.45, 7) is 1.48. The SMILES string of the molecule is Cn1nc(C(=O)N2CCC3NNC(c4ccccc4)C3C2)c2ccccc21. The van der Waals surface area contributed by atoms with Gasteiger partial charge in [0.15, 0.2) is 5.69 Å². The molecule has 3 atom stereocenters. The van der Waals surface area contributed by atoms with Crippen molar-refractivity contribution in [3.05, 3.63) is 65.9 Å². The van der Waals surface area contributed by atoms with E-state index in [4.69, 9.17) is 0 Å². The zero-order chi connectivity index (χ0) is 18.4. The summed E-state index contributed by atoms with van der Waals surface area (Å²) in [4.78, 5) is 15.2. The number of piperidine rings is 1. The molecule has 1 amide bonds. The fourth-order valence-corrected chi connectivity index (χ4v) is 4.50. The van der Waals surface area contributed by atoms with Gasteiger partial charge in [-0.15, -0.1) is 0 Å². The first kappa shape index (κ1) is 16.5. The fraction of sp³-hybridized carbons (Fsp3) is 0.333. The Morgan fingerprint density at radius 1 is 1.07 bits per heavy atom. The Labute approximate surface area is 158 Å². The van der Waals surface area contributed by atoms with Crippen LogP contribution in [-0.4, -0.2) is 39.7 Å². The number of hydrazine groups is 1. The number of nitrogens with zero attached hydrogens (tertiary/aromatic N) is 3. The number of nitrogens with one attached hydrogen (secondary N) is 2. The smallest absolute Gasteiger partial charge is 0.275 e. The molecule has 0 saturated carbocycles. The van der Waals surface area contributed by atoms with E-state index in [0.29, 0.717) is 17.7 Å². The third-order valence-corrected chi connectivity index (χ3v) is 5.92. The van der Waals surface area contributed by atoms with E-state index in [1.54, 1.807) is 4.68 Å². The van der Waals surface area contributed by atoms with Crippen molar-refractivity contribution in [3.63, 3.8) is 0 Å². The molecule has 5 rings (SSSR count). The van der Waals surface area contributed by atoms with Crippen molar-refractivity contribution in [1.29, 1.82) is 0 Å². The molecule has 2 aromatic carbocycles. The van der Waals surface area contributed by atoms with Gasteiger partial charge in [-0.2, -0.15) is 5.10 Å². The van der Waals surface area contributed by atoms with Crippen LogP contribution in [-0.2, 0) is 7.05 Å². The molecular formula is C21H23N5O. The zero-order valence-corrected chi connectivity index (χ0v) is 15.3. The third-order valence-electron chi connectivity index (χ3n) is 5.92. The van der Waals surface area contributed by atoms with Crippen LogP contribution >= 0.6 is 0 Å². The lowest BCUT2D eigenvalue weighted by molar-refractivity contribution is 0.0647. The monoisotopic (exact) mass is 361 g/mol. The topological polar surface area (TPSA) is 62.2 Å². The summed E-state index contributed by atoms with van der Waals surface area (Å²) < 4.78 is 1.79. The highest BCUT2D eigenvalue weighted by molar-refractivity contribution is 6.04. The molecule has 6 nitrogen and oxygen atoms in total. The van der Waals surface area contributed by atoms with Crippen LogP contribution in [0.15, 0.2) is 54.6 Å². The lowest BCUT2D eigenvalue weighted by Crippen LogP contribution is -2.48. The molecule has 3 heterocycles. The molecule has 1 aromatic heterocycles. The number of fused-ring (bicyclic) bond motifs is 2. The number of amides is 1. The van der Waals surface area contributed by atoms with Crippen molar-refractivity contribution >= 4 is 16.8 Å². The molecule has 6 heteroatoms. The van der Waals surface area contributed by atoms with Gasteiger partial charge in [0.25, 0.3) is 5.91 Å². The van der Waals surface area contributed by atoms with E-state index in [1.165, 1.54) is 5.56 Å². The Hall–Kier alpha value is -2.70. The maximum absolute atomic E-state index is 13.3. The molecule has 0 aliphatic carbocycles. The van der Waals surface area contributed by atoms with Gasteiger partial charge < -0.3 is 4.90 Å². The Bertz CT molecular complexity index is 983. The number of hydrogen-bond donors (Lipinski definition) is 2. The van der Waals surface area contributed by atoms with Crippen LogP contribution in [0.4, 0.5) is 0 Å². The van der Waals surface area contributed by atoms with Crippen LogP contribution in [0.25, 0.3) is 10.9 Å². The average molecular weight is 361 g/mol. The molecule has 3 unspecified atom stereocenters. The van der Waals surface area contributed by atoms with Crippen LogP contribution in [0.1, 0.15) is 28.5 Å². The molecular weight excluding hydrogens is 338 g/mol. The lowest BCUT2D eigenvalue weighted by Gasteiger charge is -2.36. The van der Waals surface area contributed by atoms with Crippen LogP contribution in [0, 0.1) is 5.92 Å². The van der Waals surface area contributed by atoms with Crippen molar-refractivity contribution in [2.24, 2.45) is 13.0 Å². The predicted molar refractivity (Wildman–Crippen MR) is 104 cm³/mol. The largest absolute Gasteiger partial charge is 0.337 e. The molecule has 2 aliphatic heterocycles. The summed E-state index contributed by atoms with van der Waals surface area (Å²) in [5, 5.41) is 5.45. The van der Waals surface area contributed by atoms with Gasteiger partial charge in [0, 0.05) is 37.5 Å². The Morgan fingerprint density at radius 3 is 2.70 bits per heavy atom. The zero-order valence-electron chi connectivity index (χ0n) is 15.3. The highest BCUT2D eigenvalue weighted by Gasteiger charge is 2.42. The van der Waals surface area contributed by atoms with Crippen LogP contribution in [0.2, 0.25) is 0 Å². The average Bonchev–Trinajstić information content (AvgIpc) is 3.29. The Balaban J connectivity index is 1.42. The van der Waals surface area contributed by atoms with Gasteiger partial charge in [-0.25, -0.2) is 5.43 Å². The minimum absolute atomic E-state index is 0.0314. The summed E-state index contributed by atoms with van der Waals surface area (Å²) in [6.07, 6.45) is 0.942. The minimum atomic E-state index is 0.0314. The number of likely N-dealkylation sites (tertiary alicyclic amines) is 1. The quantitative estimate of drug-likeness (QED) is 0.735. The van der Waals surface area contributed by atoms with E-state index < -0.39 is 0 Å². The number of carbonyl (C=O) groups excluding carboxylic acids is 1. The molecule has 3 aromatic rings. The first-order valence-electron chi connectivity index (χ1n) is 9.49. The summed E-state index contributed by atoms with van der Waals surface area (Å²) in [6, 6.07) is 19.0. The van der Waals surface area contributed by atoms with Gasteiger partial charge in [0.05, 0.1) is 11.6 Å². The van der Waals surface area contributed by atoms with Gasteiger partial charge in [0.2, 0.25) is 0 Å². The summed E-state index contributed by atoms with van der Waals surface area (Å²) in [5.41, 5.74) is 9.68. The summed E-state index contributed by atoms with van der Waals surface area (Å²) in [5.74, 6) is 0.379. The number of hydrogen-bond acceptors (Lipinski definition) is 4. The van der Waals surface area contributed by atoms with Crippen molar-refractivity contribution < 1.29 is 4.79 Å². The third kappa shape index (κ3) is 2.72. The highest BCUT2D eigenvalue weighted by atomic mass is 16.2. The summed E-state index contributed by atoms with van der Waals surface area (Å²) in [7, 11) is 1.89. The number of aromatic nitrogens is 2. The molecule has 2 saturated heterocycles. The number of carbonyl (C=O) groups is 1. The number of rotatable bonds is 2. The second-order valence-electron chi connectivity index (χ2n) is 7.48. The predicted octanol–water partition coefficient (Wildman–Crippen LogP) is 2.25. The van der Waals surface area contributed by atoms with E-state index in [0.717, 1.165) is 30.4 Å². The minimum Gasteiger partial charge on any atom is -0.337 e. The normalized spacial score (nSPS) is 24.9. The number of aryl methyl sites for hydroxylation is 1. The van der Waals surface area contributed by atoms with Gasteiger partial charge >= 0.3 is 0 Å². The molecule has 138 valence electrons. The first-order chi connectivity index (χ1) is 13.2. The molecule has 27 heavy (non-hydrogen) atoms. The molecule has 2 fully saturated rings. The maximum Gasteiger partial charge on any atom is 0.275 e. The number of benzene rings is 2. The Kier molecular flexibility index (Phi) is 3.95. The van der Waals surface area contributed by atoms with Gasteiger partial charge in [0.1, 0.15) is 0 Å². The molecule has 2 aliphatic rings. The molecule has 0 bridgehead atoms. The second kappa shape index (κ2) is 6.48. The first-order valence-corrected chi connectivity index (χ1v) is 9.49. The van der Waals surface area contributed by atoms with Crippen molar-refractivity contribution in [2.45, 2.75) is 18.5 Å². The van der Waals surface area contributed by atoms with Crippen molar-refractivity contribution in [2.75, 3.05) is 13.1 Å². The van der Waals surface area contributed by atoms with E-state index >= 15 is 0 Å². The van der Waals surface area contributed by atoms with E-state index in [9.17, 15) is 4.79 Å². The number of para-hydroxylation sites is 1. The molecule has 0 radical (unpaired) electrons. The highest BCUT2D eigenvalue weighted by Crippen LogP contribution is 2.34. The Morgan fingerprint density at radius 2 is 1.85 bits per heavy atom. The van der Waals surface area contributed by atoms with Crippen LogP contribution in [0.3, 0.4) is 0 Å². The molecule has 0 spiro atoms. The van der Waals surface area contributed by atoms with E-state index in [2.05, 4.69) is 40.2 Å². The lowest BCUT2D eigenvalue weighted by atomic mass is 9.85. The summed E-state index contributed by atoms with van der Waals surface area (Å²) >= 11 is 0. The van der Waals surface area contributed by atoms with E-state index in [-0.39, 0.29) is 11.9 Å². The van der Waals surface area contributed by atoms with Gasteiger partial charge in [-0.3, -0.25) is 14.9 Å². The van der Waals surface area contributed by atoms with Crippen LogP contribution in [0.5, 0.6) is 0 Å². The van der Waals surface area contributed by atoms with E-state index in [1.807, 2.05) is 42.3 Å². The van der Waals surface area contributed by atoms with Gasteiger partial charge in [-0.05, 0) is 18.1 Å². The fourth-order valence-electron chi connectivity index (χ4n) is 4.50. The second-order valence-corrected chi connectivity index (χ2v) is 7.48. The standard InChI is InChI=1S/C21H23N5O/c1-25-18-10-6-5-9-15(18)20(24-25)21(27)26-12-11-17-16(13-26)19(23-22-17)14-7-3-2-4-8-14/h2-10,16-17,19,22-23H,11-13H2,1H3.